The summed E-state index contributed by atoms with van der Waals surface area (Å²) in [4.78, 5) is 5.93. The summed E-state index contributed by atoms with van der Waals surface area (Å²) in [6, 6.07) is 4.81. The Labute approximate surface area is 121 Å². The number of hydrogen-bond donors (Lipinski definition) is 2. The molecule has 0 unspecified atom stereocenters. The van der Waals surface area contributed by atoms with Gasteiger partial charge >= 0.3 is 0 Å². The molecule has 2 N–H and O–H groups in total. The van der Waals surface area contributed by atoms with E-state index >= 15 is 0 Å². The lowest BCUT2D eigenvalue weighted by atomic mass is 10.2. The average Bonchev–Trinajstić information content (AvgIpc) is 2.98. The van der Waals surface area contributed by atoms with Gasteiger partial charge < -0.3 is 10.6 Å². The minimum absolute atomic E-state index is 0.609. The van der Waals surface area contributed by atoms with Gasteiger partial charge in [0.05, 0.1) is 10.3 Å². The number of guanidine groups is 1. The third-order valence-electron chi connectivity index (χ3n) is 3.06. The van der Waals surface area contributed by atoms with Gasteiger partial charge in [0.1, 0.15) is 0 Å². The molecule has 0 atom stereocenters. The number of halogens is 1. The minimum atomic E-state index is 0.609. The molecule has 1 aromatic rings. The van der Waals surface area contributed by atoms with Gasteiger partial charge in [-0.3, -0.25) is 0 Å². The highest BCUT2D eigenvalue weighted by Gasteiger charge is 2.15. The second-order valence-corrected chi connectivity index (χ2v) is 7.07. The van der Waals surface area contributed by atoms with E-state index in [2.05, 4.69) is 50.6 Å². The number of rotatable bonds is 4. The summed E-state index contributed by atoms with van der Waals surface area (Å²) in [6.45, 7) is 3.76. The Morgan fingerprint density at radius 1 is 1.44 bits per heavy atom. The molecule has 0 bridgehead atoms. The SMILES string of the molecule is CCNC(=NCc1ccc(Br)s1)NC1CCCC1. The fraction of sp³-hybridized carbons (Fsp3) is 0.615. The molecule has 0 aliphatic heterocycles. The molecule has 1 fully saturated rings. The van der Waals surface area contributed by atoms with Crippen LogP contribution in [0.5, 0.6) is 0 Å². The molecule has 0 radical (unpaired) electrons. The Hall–Kier alpha value is -0.550. The molecular weight excluding hydrogens is 310 g/mol. The van der Waals surface area contributed by atoms with Crippen LogP contribution in [-0.4, -0.2) is 18.5 Å². The van der Waals surface area contributed by atoms with Crippen LogP contribution >= 0.6 is 27.3 Å². The van der Waals surface area contributed by atoms with Crippen LogP contribution in [0.4, 0.5) is 0 Å². The van der Waals surface area contributed by atoms with Crippen LogP contribution in [0.25, 0.3) is 0 Å². The van der Waals surface area contributed by atoms with Crippen molar-refractivity contribution in [1.29, 1.82) is 0 Å². The molecule has 1 aliphatic carbocycles. The van der Waals surface area contributed by atoms with E-state index in [4.69, 9.17) is 0 Å². The van der Waals surface area contributed by atoms with E-state index in [-0.39, 0.29) is 0 Å². The zero-order valence-electron chi connectivity index (χ0n) is 10.7. The summed E-state index contributed by atoms with van der Waals surface area (Å²) in [5.41, 5.74) is 0. The highest BCUT2D eigenvalue weighted by atomic mass is 79.9. The van der Waals surface area contributed by atoms with Crippen molar-refractivity contribution in [2.75, 3.05) is 6.54 Å². The van der Waals surface area contributed by atoms with Gasteiger partial charge in [0.25, 0.3) is 0 Å². The Balaban J connectivity index is 1.90. The standard InChI is InChI=1S/C13H20BrN3S/c1-2-15-13(17-10-5-3-4-6-10)16-9-11-7-8-12(14)18-11/h7-8,10H,2-6,9H2,1H3,(H2,15,16,17). The van der Waals surface area contributed by atoms with Gasteiger partial charge in [-0.2, -0.15) is 0 Å². The molecule has 3 nitrogen and oxygen atoms in total. The van der Waals surface area contributed by atoms with Crippen molar-refractivity contribution in [3.8, 4) is 0 Å². The van der Waals surface area contributed by atoms with E-state index in [1.807, 2.05) is 0 Å². The maximum Gasteiger partial charge on any atom is 0.191 e. The molecule has 1 saturated carbocycles. The molecule has 100 valence electrons. The highest BCUT2D eigenvalue weighted by Crippen LogP contribution is 2.22. The first-order valence-electron chi connectivity index (χ1n) is 6.57. The van der Waals surface area contributed by atoms with Crippen molar-refractivity contribution < 1.29 is 0 Å². The lowest BCUT2D eigenvalue weighted by Gasteiger charge is -2.16. The van der Waals surface area contributed by atoms with Crippen molar-refractivity contribution in [1.82, 2.24) is 10.6 Å². The largest absolute Gasteiger partial charge is 0.357 e. The molecule has 5 heteroatoms. The first kappa shape index (κ1) is 13.9. The van der Waals surface area contributed by atoms with Crippen LogP contribution in [0.3, 0.4) is 0 Å². The van der Waals surface area contributed by atoms with E-state index in [9.17, 15) is 0 Å². The molecular formula is C13H20BrN3S. The predicted molar refractivity (Wildman–Crippen MR) is 82.2 cm³/mol. The number of nitrogens with one attached hydrogen (secondary N) is 2. The molecule has 0 saturated heterocycles. The molecule has 18 heavy (non-hydrogen) atoms. The van der Waals surface area contributed by atoms with E-state index in [0.29, 0.717) is 6.04 Å². The lowest BCUT2D eigenvalue weighted by molar-refractivity contribution is 0.614. The van der Waals surface area contributed by atoms with Crippen LogP contribution in [0, 0.1) is 0 Å². The Morgan fingerprint density at radius 2 is 2.22 bits per heavy atom. The number of hydrogen-bond acceptors (Lipinski definition) is 2. The third kappa shape index (κ3) is 4.28. The maximum atomic E-state index is 4.64. The predicted octanol–water partition coefficient (Wildman–Crippen LogP) is 3.51. The molecule has 0 amide bonds. The Bertz CT molecular complexity index is 397. The van der Waals surface area contributed by atoms with E-state index in [0.717, 1.165) is 19.0 Å². The zero-order chi connectivity index (χ0) is 12.8. The Kier molecular flexibility index (Phi) is 5.50. The fourth-order valence-electron chi connectivity index (χ4n) is 2.18. The molecule has 0 aromatic carbocycles. The van der Waals surface area contributed by atoms with Crippen molar-refractivity contribution in [3.05, 3.63) is 20.8 Å². The van der Waals surface area contributed by atoms with Gasteiger partial charge in [0.2, 0.25) is 0 Å². The van der Waals surface area contributed by atoms with Crippen molar-refractivity contribution in [2.45, 2.75) is 45.2 Å². The van der Waals surface area contributed by atoms with Gasteiger partial charge in [-0.15, -0.1) is 11.3 Å². The van der Waals surface area contributed by atoms with Gasteiger partial charge in [-0.1, -0.05) is 12.8 Å². The second kappa shape index (κ2) is 7.14. The zero-order valence-corrected chi connectivity index (χ0v) is 13.1. The summed E-state index contributed by atoms with van der Waals surface area (Å²) in [5, 5.41) is 6.84. The second-order valence-electron chi connectivity index (χ2n) is 4.53. The van der Waals surface area contributed by atoms with Crippen LogP contribution in [0.15, 0.2) is 20.9 Å². The summed E-state index contributed by atoms with van der Waals surface area (Å²) >= 11 is 5.22. The average molecular weight is 330 g/mol. The van der Waals surface area contributed by atoms with Gasteiger partial charge in [0.15, 0.2) is 5.96 Å². The van der Waals surface area contributed by atoms with E-state index < -0.39 is 0 Å². The molecule has 1 heterocycles. The first-order chi connectivity index (χ1) is 8.78. The summed E-state index contributed by atoms with van der Waals surface area (Å²) in [6.07, 6.45) is 5.23. The number of nitrogens with zero attached hydrogens (tertiary/aromatic N) is 1. The van der Waals surface area contributed by atoms with Crippen LogP contribution in [-0.2, 0) is 6.54 Å². The summed E-state index contributed by atoms with van der Waals surface area (Å²) < 4.78 is 1.17. The van der Waals surface area contributed by atoms with Gasteiger partial charge in [-0.05, 0) is 47.8 Å². The number of aliphatic imine (C=N–C) groups is 1. The molecule has 1 aliphatic rings. The van der Waals surface area contributed by atoms with Crippen molar-refractivity contribution in [2.24, 2.45) is 4.99 Å². The maximum absolute atomic E-state index is 4.64. The van der Waals surface area contributed by atoms with Crippen LogP contribution in [0.2, 0.25) is 0 Å². The monoisotopic (exact) mass is 329 g/mol. The third-order valence-corrected chi connectivity index (χ3v) is 4.67. The molecule has 2 rings (SSSR count). The minimum Gasteiger partial charge on any atom is -0.357 e. The Morgan fingerprint density at radius 3 is 2.83 bits per heavy atom. The summed E-state index contributed by atoms with van der Waals surface area (Å²) in [5.74, 6) is 0.953. The quantitative estimate of drug-likeness (QED) is 0.655. The number of thiophene rings is 1. The smallest absolute Gasteiger partial charge is 0.191 e. The van der Waals surface area contributed by atoms with Crippen LogP contribution in [0.1, 0.15) is 37.5 Å². The normalized spacial score (nSPS) is 17.1. The fourth-order valence-corrected chi connectivity index (χ4v) is 3.58. The van der Waals surface area contributed by atoms with Crippen molar-refractivity contribution in [3.63, 3.8) is 0 Å². The van der Waals surface area contributed by atoms with Crippen LogP contribution < -0.4 is 10.6 Å². The van der Waals surface area contributed by atoms with E-state index in [1.54, 1.807) is 11.3 Å². The van der Waals surface area contributed by atoms with Crippen molar-refractivity contribution >= 4 is 33.2 Å². The van der Waals surface area contributed by atoms with Gasteiger partial charge in [-0.25, -0.2) is 4.99 Å². The molecule has 0 spiro atoms. The van der Waals surface area contributed by atoms with Gasteiger partial charge in [0, 0.05) is 17.5 Å². The van der Waals surface area contributed by atoms with E-state index in [1.165, 1.54) is 34.3 Å². The highest BCUT2D eigenvalue weighted by molar-refractivity contribution is 9.11. The first-order valence-corrected chi connectivity index (χ1v) is 8.18. The lowest BCUT2D eigenvalue weighted by Crippen LogP contribution is -2.42. The topological polar surface area (TPSA) is 36.4 Å². The molecule has 1 aromatic heterocycles. The summed E-state index contributed by atoms with van der Waals surface area (Å²) in [7, 11) is 0.